The second-order valence-electron chi connectivity index (χ2n) is 37.2. The molecule has 25 aromatic carbocycles. The Balaban J connectivity index is 0.000000105. The molecule has 0 saturated carbocycles. The zero-order valence-corrected chi connectivity index (χ0v) is 77.1. The Morgan fingerprint density at radius 1 is 0.194 bits per heavy atom. The minimum absolute atomic E-state index is 0.126. The summed E-state index contributed by atoms with van der Waals surface area (Å²) in [5.74, 6) is 0. The van der Waals surface area contributed by atoms with E-state index in [4.69, 9.17) is 8.83 Å². The van der Waals surface area contributed by atoms with Gasteiger partial charge in [-0.1, -0.05) is 360 Å². The maximum Gasteiger partial charge on any atom is 0.136 e. The number of anilines is 9. The van der Waals surface area contributed by atoms with Gasteiger partial charge in [0.05, 0.1) is 5.69 Å². The van der Waals surface area contributed by atoms with E-state index in [-0.39, 0.29) is 5.41 Å². The monoisotopic (exact) mass is 1790 g/mol. The topological polar surface area (TPSA) is 36.0 Å². The lowest BCUT2D eigenvalue weighted by Crippen LogP contribution is -2.20. The van der Waals surface area contributed by atoms with E-state index in [2.05, 4.69) is 502 Å². The molecular formula is C133H87N3O2S. The third-order valence-corrected chi connectivity index (χ3v) is 30.2. The van der Waals surface area contributed by atoms with Crippen LogP contribution in [0, 0.1) is 0 Å². The summed E-state index contributed by atoms with van der Waals surface area (Å²) < 4.78 is 15.2. The van der Waals surface area contributed by atoms with Crippen LogP contribution in [0.15, 0.2) is 500 Å². The molecule has 29 rings (SSSR count). The molecule has 5 nitrogen and oxygen atoms in total. The molecule has 6 heteroatoms. The van der Waals surface area contributed by atoms with Gasteiger partial charge in [0, 0.05) is 98.0 Å². The minimum Gasteiger partial charge on any atom is -0.456 e. The molecule has 1 aliphatic carbocycles. The highest BCUT2D eigenvalue weighted by Gasteiger charge is 2.39. The molecule has 1 aliphatic rings. The van der Waals surface area contributed by atoms with E-state index in [0.29, 0.717) is 0 Å². The standard InChI is InChI=1S/C46H29NO.C45H31NS.C42H27NO/c1-2-8-30(9-3-1)32-16-20-36(21-17-32)47(37-22-18-31-10-4-5-11-34(31)28-37)38-23-25-39-35(29-38)15-14-33-19-24-41-40(45(33)39)26-27-44-46(41)42-12-6-7-13-43(42)48-44;1-45(2)39-16-8-6-13-33(39)36-15-10-17-40(43(36)45)46(30-11-4-3-5-12-30)31-22-24-32-29(27-31)20-19-28-21-23-38-35(42(28)32)25-26-37-34-14-7-9-18-41(34)47-44(37)38;1-3-10-28(11-4-1)30-12-9-15-33(26-30)43(32-13-5-2-6-14-32)34-21-23-35-31(27-34)19-18-29-20-22-37-36(41(29)35)24-25-40-42(37)38-16-7-8-17-39(38)44-40/h1-29H;3-27H,1-2H3;1-27H. The van der Waals surface area contributed by atoms with E-state index in [1.54, 1.807) is 0 Å². The first-order valence-corrected chi connectivity index (χ1v) is 48.6. The fraction of sp³-hybridized carbons (Fsp3) is 0.0226. The van der Waals surface area contributed by atoms with E-state index in [1.165, 1.54) is 189 Å². The summed E-state index contributed by atoms with van der Waals surface area (Å²) in [7, 11) is 0. The van der Waals surface area contributed by atoms with Crippen LogP contribution in [-0.2, 0) is 5.41 Å². The summed E-state index contributed by atoms with van der Waals surface area (Å²) in [6.45, 7) is 4.74. The third-order valence-electron chi connectivity index (χ3n) is 29.0. The van der Waals surface area contributed by atoms with Crippen molar-refractivity contribution in [3.63, 3.8) is 0 Å². The van der Waals surface area contributed by atoms with Crippen LogP contribution in [0.25, 0.3) is 205 Å². The zero-order valence-electron chi connectivity index (χ0n) is 76.3. The Kier molecular flexibility index (Phi) is 19.1. The first-order chi connectivity index (χ1) is 68.7. The Morgan fingerprint density at radius 2 is 0.540 bits per heavy atom. The average Bonchev–Trinajstić information content (AvgIpc) is 1.61. The normalized spacial score (nSPS) is 12.3. The second kappa shape index (κ2) is 32.9. The molecule has 0 fully saturated rings. The number of thiophene rings is 1. The molecule has 652 valence electrons. The van der Waals surface area contributed by atoms with Crippen LogP contribution in [0.4, 0.5) is 51.2 Å². The van der Waals surface area contributed by atoms with Crippen molar-refractivity contribution in [1.29, 1.82) is 0 Å². The Hall–Kier alpha value is -17.7. The number of fused-ring (bicyclic) bond motifs is 31. The van der Waals surface area contributed by atoms with Crippen molar-refractivity contribution in [2.45, 2.75) is 19.3 Å². The molecule has 0 spiro atoms. The molecule has 0 aliphatic heterocycles. The zero-order chi connectivity index (χ0) is 91.9. The Labute approximate surface area is 807 Å². The maximum atomic E-state index is 6.24. The minimum atomic E-state index is -0.126. The molecule has 0 saturated heterocycles. The molecule has 3 aromatic heterocycles. The van der Waals surface area contributed by atoms with Crippen molar-refractivity contribution in [3.05, 3.63) is 503 Å². The summed E-state index contributed by atoms with van der Waals surface area (Å²) in [5, 5.41) is 32.5. The number of furan rings is 2. The van der Waals surface area contributed by atoms with Crippen LogP contribution < -0.4 is 14.7 Å². The molecule has 139 heavy (non-hydrogen) atoms. The fourth-order valence-electron chi connectivity index (χ4n) is 22.6. The first kappa shape index (κ1) is 80.9. The summed E-state index contributed by atoms with van der Waals surface area (Å²) >= 11 is 1.90. The van der Waals surface area contributed by atoms with Crippen molar-refractivity contribution in [1.82, 2.24) is 0 Å². The van der Waals surface area contributed by atoms with Gasteiger partial charge in [0.2, 0.25) is 0 Å². The second-order valence-corrected chi connectivity index (χ2v) is 38.3. The van der Waals surface area contributed by atoms with Crippen molar-refractivity contribution in [2.75, 3.05) is 14.7 Å². The van der Waals surface area contributed by atoms with Gasteiger partial charge >= 0.3 is 0 Å². The highest BCUT2D eigenvalue weighted by molar-refractivity contribution is 7.26. The van der Waals surface area contributed by atoms with Gasteiger partial charge in [-0.05, 0) is 292 Å². The van der Waals surface area contributed by atoms with E-state index < -0.39 is 0 Å². The van der Waals surface area contributed by atoms with E-state index in [9.17, 15) is 0 Å². The molecule has 3 heterocycles. The smallest absolute Gasteiger partial charge is 0.136 e. The van der Waals surface area contributed by atoms with Crippen LogP contribution in [0.3, 0.4) is 0 Å². The number of rotatable bonds is 11. The molecule has 28 aromatic rings. The van der Waals surface area contributed by atoms with Crippen LogP contribution in [0.5, 0.6) is 0 Å². The van der Waals surface area contributed by atoms with Gasteiger partial charge in [0.15, 0.2) is 0 Å². The van der Waals surface area contributed by atoms with E-state index in [0.717, 1.165) is 78.6 Å². The molecule has 0 bridgehead atoms. The van der Waals surface area contributed by atoms with Crippen LogP contribution >= 0.6 is 11.3 Å². The number of nitrogens with zero attached hydrogens (tertiary/aromatic N) is 3. The summed E-state index contributed by atoms with van der Waals surface area (Å²) in [6.07, 6.45) is 0. The molecule has 0 radical (unpaired) electrons. The maximum absolute atomic E-state index is 6.24. The SMILES string of the molecule is CC1(C)c2ccccc2-c2cccc(N(c3ccccc3)c3ccc4c(ccc5ccc6c(ccc7c8ccccc8sc76)c54)c3)c21.c1ccc(-c2ccc(N(c3ccc4ccccc4c3)c3ccc4c(ccc5ccc6c(ccc7oc8ccccc8c76)c54)c3)cc2)cc1.c1ccc(-c2cccc(N(c3ccccc3)c3ccc4c(ccc5ccc6c(ccc7oc8ccccc8c76)c54)c3)c2)cc1. The largest absolute Gasteiger partial charge is 0.456 e. The predicted octanol–water partition coefficient (Wildman–Crippen LogP) is 38.8. The molecule has 0 atom stereocenters. The molecular weight excluding hydrogens is 1700 g/mol. The predicted molar refractivity (Wildman–Crippen MR) is 594 cm³/mol. The third kappa shape index (κ3) is 13.6. The summed E-state index contributed by atoms with van der Waals surface area (Å²) in [6, 6.07) is 178. The number of hydrogen-bond donors (Lipinski definition) is 0. The summed E-state index contributed by atoms with van der Waals surface area (Å²) in [4.78, 5) is 7.18. The highest BCUT2D eigenvalue weighted by atomic mass is 32.1. The number of hydrogen-bond acceptors (Lipinski definition) is 6. The lowest BCUT2D eigenvalue weighted by atomic mass is 9.81. The molecule has 0 N–H and O–H groups in total. The quantitative estimate of drug-likeness (QED) is 0.121. The van der Waals surface area contributed by atoms with Gasteiger partial charge in [0.25, 0.3) is 0 Å². The van der Waals surface area contributed by atoms with E-state index >= 15 is 0 Å². The Bertz CT molecular complexity index is 9830. The number of para-hydroxylation sites is 4. The highest BCUT2D eigenvalue weighted by Crippen LogP contribution is 2.56. The Morgan fingerprint density at radius 3 is 1.12 bits per heavy atom. The van der Waals surface area contributed by atoms with Gasteiger partial charge in [-0.15, -0.1) is 11.3 Å². The van der Waals surface area contributed by atoms with E-state index in [1.807, 2.05) is 29.5 Å². The van der Waals surface area contributed by atoms with Gasteiger partial charge in [-0.25, -0.2) is 0 Å². The summed E-state index contributed by atoms with van der Waals surface area (Å²) in [5.41, 5.74) is 24.1. The van der Waals surface area contributed by atoms with Crippen LogP contribution in [-0.4, -0.2) is 0 Å². The average molecular weight is 1790 g/mol. The first-order valence-electron chi connectivity index (χ1n) is 47.8. The lowest BCUT2D eigenvalue weighted by Gasteiger charge is -2.32. The van der Waals surface area contributed by atoms with Gasteiger partial charge in [-0.3, -0.25) is 0 Å². The van der Waals surface area contributed by atoms with Crippen molar-refractivity contribution in [3.8, 4) is 33.4 Å². The molecule has 0 unspecified atom stereocenters. The fourth-order valence-corrected chi connectivity index (χ4v) is 23.8. The van der Waals surface area contributed by atoms with Gasteiger partial charge in [-0.2, -0.15) is 0 Å². The van der Waals surface area contributed by atoms with Crippen molar-refractivity contribution >= 4 is 234 Å². The lowest BCUT2D eigenvalue weighted by molar-refractivity contribution is 0.661. The van der Waals surface area contributed by atoms with Crippen LogP contribution in [0.2, 0.25) is 0 Å². The molecule has 0 amide bonds. The van der Waals surface area contributed by atoms with Crippen molar-refractivity contribution in [2.24, 2.45) is 0 Å². The van der Waals surface area contributed by atoms with Gasteiger partial charge < -0.3 is 23.5 Å². The van der Waals surface area contributed by atoms with Gasteiger partial charge in [0.1, 0.15) is 22.3 Å². The van der Waals surface area contributed by atoms with Crippen molar-refractivity contribution < 1.29 is 8.83 Å². The number of benzene rings is 25. The van der Waals surface area contributed by atoms with Crippen LogP contribution in [0.1, 0.15) is 25.0 Å².